The molecule has 17 heavy (non-hydrogen) atoms. The van der Waals surface area contributed by atoms with E-state index in [9.17, 15) is 5.11 Å². The fourth-order valence-corrected chi connectivity index (χ4v) is 3.77. The fraction of sp³-hybridized carbons (Fsp3) is 1.00. The Morgan fingerprint density at radius 2 is 1.82 bits per heavy atom. The summed E-state index contributed by atoms with van der Waals surface area (Å²) in [7, 11) is 0. The minimum Gasteiger partial charge on any atom is -0.393 e. The van der Waals surface area contributed by atoms with Gasteiger partial charge in [-0.05, 0) is 43.4 Å². The van der Waals surface area contributed by atoms with Crippen LogP contribution < -0.4 is 5.32 Å². The molecule has 100 valence electrons. The molecule has 2 saturated carbocycles. The Labute approximate surface area is 106 Å². The predicted molar refractivity (Wildman–Crippen MR) is 71.9 cm³/mol. The third-order valence-corrected chi connectivity index (χ3v) is 4.94. The first kappa shape index (κ1) is 13.4. The molecule has 2 aliphatic rings. The molecule has 0 bridgehead atoms. The van der Waals surface area contributed by atoms with E-state index in [0.29, 0.717) is 12.0 Å². The van der Waals surface area contributed by atoms with Crippen molar-refractivity contribution in [3.05, 3.63) is 0 Å². The highest BCUT2D eigenvalue weighted by Crippen LogP contribution is 2.31. The first-order chi connectivity index (χ1) is 8.18. The Bertz CT molecular complexity index is 229. The summed E-state index contributed by atoms with van der Waals surface area (Å²) < 4.78 is 0. The fourth-order valence-electron chi connectivity index (χ4n) is 3.77. The lowest BCUT2D eigenvalue weighted by molar-refractivity contribution is 0.121. The van der Waals surface area contributed by atoms with Crippen LogP contribution in [0, 0.1) is 17.8 Å². The van der Waals surface area contributed by atoms with Crippen molar-refractivity contribution in [1.82, 2.24) is 5.32 Å². The van der Waals surface area contributed by atoms with Gasteiger partial charge in [0.1, 0.15) is 0 Å². The largest absolute Gasteiger partial charge is 0.393 e. The molecule has 0 aromatic carbocycles. The van der Waals surface area contributed by atoms with Gasteiger partial charge in [-0.2, -0.15) is 0 Å². The summed E-state index contributed by atoms with van der Waals surface area (Å²) in [5.74, 6) is 2.16. The number of aliphatic hydroxyl groups excluding tert-OH is 1. The topological polar surface area (TPSA) is 32.3 Å². The zero-order valence-electron chi connectivity index (χ0n) is 11.5. The summed E-state index contributed by atoms with van der Waals surface area (Å²) in [6, 6.07) is 0.705. The van der Waals surface area contributed by atoms with E-state index in [-0.39, 0.29) is 6.10 Å². The molecule has 0 aromatic heterocycles. The lowest BCUT2D eigenvalue weighted by atomic mass is 9.77. The van der Waals surface area contributed by atoms with Crippen LogP contribution in [0.5, 0.6) is 0 Å². The van der Waals surface area contributed by atoms with Crippen LogP contribution in [-0.2, 0) is 0 Å². The average molecular weight is 239 g/mol. The van der Waals surface area contributed by atoms with Gasteiger partial charge in [-0.25, -0.2) is 0 Å². The smallest absolute Gasteiger partial charge is 0.0580 e. The van der Waals surface area contributed by atoms with Crippen LogP contribution in [0.4, 0.5) is 0 Å². The second-order valence-electron chi connectivity index (χ2n) is 6.47. The summed E-state index contributed by atoms with van der Waals surface area (Å²) in [5.41, 5.74) is 0. The second kappa shape index (κ2) is 6.19. The molecule has 0 aliphatic heterocycles. The number of rotatable bonds is 4. The Morgan fingerprint density at radius 3 is 2.47 bits per heavy atom. The van der Waals surface area contributed by atoms with Gasteiger partial charge < -0.3 is 10.4 Å². The van der Waals surface area contributed by atoms with Crippen molar-refractivity contribution in [1.29, 1.82) is 0 Å². The van der Waals surface area contributed by atoms with E-state index in [1.807, 2.05) is 0 Å². The summed E-state index contributed by atoms with van der Waals surface area (Å²) in [6.45, 7) is 5.75. The van der Waals surface area contributed by atoms with Crippen molar-refractivity contribution >= 4 is 0 Å². The van der Waals surface area contributed by atoms with Gasteiger partial charge in [-0.3, -0.25) is 0 Å². The van der Waals surface area contributed by atoms with Gasteiger partial charge >= 0.3 is 0 Å². The van der Waals surface area contributed by atoms with E-state index in [1.54, 1.807) is 0 Å². The van der Waals surface area contributed by atoms with Crippen LogP contribution in [-0.4, -0.2) is 23.8 Å². The van der Waals surface area contributed by atoms with Gasteiger partial charge in [0.2, 0.25) is 0 Å². The maximum atomic E-state index is 9.85. The Hall–Kier alpha value is -0.0800. The summed E-state index contributed by atoms with van der Waals surface area (Å²) in [4.78, 5) is 0. The van der Waals surface area contributed by atoms with Crippen LogP contribution in [0.15, 0.2) is 0 Å². The van der Waals surface area contributed by atoms with Gasteiger partial charge in [0, 0.05) is 12.6 Å². The number of hydrogen-bond donors (Lipinski definition) is 2. The molecular weight excluding hydrogens is 210 g/mol. The van der Waals surface area contributed by atoms with Crippen molar-refractivity contribution in [2.75, 3.05) is 6.54 Å². The minimum atomic E-state index is -0.0383. The highest BCUT2D eigenvalue weighted by molar-refractivity contribution is 4.85. The molecule has 2 N–H and O–H groups in total. The second-order valence-corrected chi connectivity index (χ2v) is 6.47. The molecule has 2 rings (SSSR count). The van der Waals surface area contributed by atoms with E-state index < -0.39 is 0 Å². The van der Waals surface area contributed by atoms with Crippen LogP contribution in [0.2, 0.25) is 0 Å². The van der Waals surface area contributed by atoms with Crippen molar-refractivity contribution in [2.24, 2.45) is 17.8 Å². The van der Waals surface area contributed by atoms with Crippen molar-refractivity contribution in [3.63, 3.8) is 0 Å². The van der Waals surface area contributed by atoms with Gasteiger partial charge in [0.15, 0.2) is 0 Å². The molecule has 0 heterocycles. The van der Waals surface area contributed by atoms with Crippen LogP contribution in [0.3, 0.4) is 0 Å². The molecule has 2 aliphatic carbocycles. The lowest BCUT2D eigenvalue weighted by Crippen LogP contribution is -2.43. The monoisotopic (exact) mass is 239 g/mol. The standard InChI is InChI=1S/C15H29NO/c1-11(2)13-7-3-4-8-14(13)16-10-12-6-5-9-15(12)17/h11-17H,3-10H2,1-2H3. The molecule has 4 atom stereocenters. The molecule has 2 heteroatoms. The van der Waals surface area contributed by atoms with Crippen LogP contribution in [0.25, 0.3) is 0 Å². The van der Waals surface area contributed by atoms with Gasteiger partial charge in [-0.15, -0.1) is 0 Å². The normalized spacial score (nSPS) is 38.8. The summed E-state index contributed by atoms with van der Waals surface area (Å²) in [5, 5.41) is 13.6. The minimum absolute atomic E-state index is 0.0383. The van der Waals surface area contributed by atoms with E-state index in [4.69, 9.17) is 0 Å². The molecule has 2 nitrogen and oxygen atoms in total. The SMILES string of the molecule is CC(C)C1CCCCC1NCC1CCCC1O. The summed E-state index contributed by atoms with van der Waals surface area (Å²) >= 11 is 0. The Balaban J connectivity index is 1.79. The molecule has 0 radical (unpaired) electrons. The van der Waals surface area contributed by atoms with Crippen molar-refractivity contribution in [3.8, 4) is 0 Å². The van der Waals surface area contributed by atoms with E-state index >= 15 is 0 Å². The lowest BCUT2D eigenvalue weighted by Gasteiger charge is -2.36. The molecular formula is C15H29NO. The molecule has 0 aromatic rings. The maximum Gasteiger partial charge on any atom is 0.0580 e. The maximum absolute atomic E-state index is 9.85. The third-order valence-electron chi connectivity index (χ3n) is 4.94. The first-order valence-corrected chi connectivity index (χ1v) is 7.60. The van der Waals surface area contributed by atoms with Gasteiger partial charge in [0.05, 0.1) is 6.10 Å². The zero-order chi connectivity index (χ0) is 12.3. The first-order valence-electron chi connectivity index (χ1n) is 7.60. The van der Waals surface area contributed by atoms with E-state index in [2.05, 4.69) is 19.2 Å². The molecule has 0 amide bonds. The highest BCUT2D eigenvalue weighted by Gasteiger charge is 2.30. The number of hydrogen-bond acceptors (Lipinski definition) is 2. The average Bonchev–Trinajstić information content (AvgIpc) is 2.72. The number of nitrogens with one attached hydrogen (secondary N) is 1. The van der Waals surface area contributed by atoms with E-state index in [1.165, 1.54) is 38.5 Å². The molecule has 0 spiro atoms. The third kappa shape index (κ3) is 3.45. The predicted octanol–water partition coefficient (Wildman–Crippen LogP) is 2.95. The van der Waals surface area contributed by atoms with Gasteiger partial charge in [0.25, 0.3) is 0 Å². The van der Waals surface area contributed by atoms with Crippen molar-refractivity contribution < 1.29 is 5.11 Å². The Kier molecular flexibility index (Phi) is 4.87. The van der Waals surface area contributed by atoms with Crippen molar-refractivity contribution in [2.45, 2.75) is 70.9 Å². The Morgan fingerprint density at radius 1 is 1.06 bits per heavy atom. The van der Waals surface area contributed by atoms with E-state index in [0.717, 1.165) is 24.8 Å². The molecule has 2 fully saturated rings. The summed E-state index contributed by atoms with van der Waals surface area (Å²) in [6.07, 6.45) is 8.93. The number of aliphatic hydroxyl groups is 1. The zero-order valence-corrected chi connectivity index (χ0v) is 11.5. The molecule has 4 unspecified atom stereocenters. The quantitative estimate of drug-likeness (QED) is 0.790. The van der Waals surface area contributed by atoms with Crippen LogP contribution in [0.1, 0.15) is 58.8 Å². The van der Waals surface area contributed by atoms with Crippen LogP contribution >= 0.6 is 0 Å². The van der Waals surface area contributed by atoms with Gasteiger partial charge in [-0.1, -0.05) is 33.1 Å². The highest BCUT2D eigenvalue weighted by atomic mass is 16.3. The molecule has 0 saturated heterocycles.